The maximum absolute atomic E-state index is 12.4. The smallest absolute Gasteiger partial charge is 0.343 e. The van der Waals surface area contributed by atoms with Gasteiger partial charge in [-0.1, -0.05) is 18.2 Å². The molecule has 0 unspecified atom stereocenters. The average Bonchev–Trinajstić information content (AvgIpc) is 2.86. The molecular formula is C25H22N2O6. The quantitative estimate of drug-likeness (QED) is 0.250. The van der Waals surface area contributed by atoms with Crippen molar-refractivity contribution in [1.29, 1.82) is 0 Å². The van der Waals surface area contributed by atoms with E-state index in [0.29, 0.717) is 28.2 Å². The molecule has 0 heterocycles. The second-order valence-corrected chi connectivity index (χ2v) is 6.66. The monoisotopic (exact) mass is 446 g/mol. The van der Waals surface area contributed by atoms with Gasteiger partial charge in [-0.3, -0.25) is 20.4 Å². The second kappa shape index (κ2) is 11.1. The van der Waals surface area contributed by atoms with Crippen molar-refractivity contribution < 1.29 is 28.6 Å². The number of esters is 1. The molecule has 2 N–H and O–H groups in total. The third-order valence-electron chi connectivity index (χ3n) is 4.51. The van der Waals surface area contributed by atoms with Gasteiger partial charge in [0.05, 0.1) is 19.8 Å². The Hall–Kier alpha value is -4.59. The summed E-state index contributed by atoms with van der Waals surface area (Å²) in [6.07, 6.45) is 2.69. The van der Waals surface area contributed by atoms with E-state index < -0.39 is 17.8 Å². The highest BCUT2D eigenvalue weighted by Crippen LogP contribution is 2.21. The number of carbonyl (C=O) groups is 3. The molecule has 0 fully saturated rings. The zero-order valence-electron chi connectivity index (χ0n) is 18.0. The number of rotatable bonds is 7. The summed E-state index contributed by atoms with van der Waals surface area (Å²) in [6, 6.07) is 19.7. The number of ether oxygens (including phenoxy) is 3. The zero-order valence-corrected chi connectivity index (χ0v) is 18.0. The summed E-state index contributed by atoms with van der Waals surface area (Å²) in [5.74, 6) is -0.0643. The van der Waals surface area contributed by atoms with Crippen LogP contribution in [0.5, 0.6) is 17.2 Å². The number of hydrogen-bond donors (Lipinski definition) is 2. The third kappa shape index (κ3) is 6.44. The van der Waals surface area contributed by atoms with E-state index in [-0.39, 0.29) is 5.75 Å². The molecular weight excluding hydrogens is 424 g/mol. The van der Waals surface area contributed by atoms with Gasteiger partial charge in [-0.05, 0) is 60.7 Å². The van der Waals surface area contributed by atoms with Crippen LogP contribution in [0.15, 0.2) is 78.9 Å². The molecule has 8 nitrogen and oxygen atoms in total. The number of benzene rings is 3. The van der Waals surface area contributed by atoms with Crippen LogP contribution >= 0.6 is 0 Å². The Morgan fingerprint density at radius 2 is 1.30 bits per heavy atom. The fourth-order valence-corrected chi connectivity index (χ4v) is 2.74. The number of para-hydroxylation sites is 1. The van der Waals surface area contributed by atoms with Gasteiger partial charge in [-0.25, -0.2) is 4.79 Å². The van der Waals surface area contributed by atoms with Crippen molar-refractivity contribution in [1.82, 2.24) is 10.9 Å². The van der Waals surface area contributed by atoms with Gasteiger partial charge in [0, 0.05) is 17.2 Å². The summed E-state index contributed by atoms with van der Waals surface area (Å²) in [5, 5.41) is 0. The lowest BCUT2D eigenvalue weighted by atomic mass is 10.1. The minimum absolute atomic E-state index is 0.282. The van der Waals surface area contributed by atoms with Gasteiger partial charge in [0.1, 0.15) is 17.2 Å². The summed E-state index contributed by atoms with van der Waals surface area (Å²) >= 11 is 0. The van der Waals surface area contributed by atoms with Crippen molar-refractivity contribution in [2.45, 2.75) is 0 Å². The van der Waals surface area contributed by atoms with E-state index in [4.69, 9.17) is 14.2 Å². The summed E-state index contributed by atoms with van der Waals surface area (Å²) in [6.45, 7) is 0. The van der Waals surface area contributed by atoms with Crippen LogP contribution in [0.2, 0.25) is 0 Å². The van der Waals surface area contributed by atoms with E-state index in [9.17, 15) is 14.4 Å². The van der Waals surface area contributed by atoms with Gasteiger partial charge in [0.25, 0.3) is 11.8 Å². The van der Waals surface area contributed by atoms with Crippen LogP contribution in [0.1, 0.15) is 26.3 Å². The second-order valence-electron chi connectivity index (χ2n) is 6.66. The molecule has 0 saturated heterocycles. The van der Waals surface area contributed by atoms with Crippen LogP contribution in [0.3, 0.4) is 0 Å². The molecule has 168 valence electrons. The molecule has 3 rings (SSSR count). The molecule has 0 aliphatic heterocycles. The molecule has 0 aliphatic carbocycles. The van der Waals surface area contributed by atoms with E-state index in [1.54, 1.807) is 72.8 Å². The molecule has 0 atom stereocenters. The maximum Gasteiger partial charge on any atom is 0.343 e. The Morgan fingerprint density at radius 3 is 1.91 bits per heavy atom. The summed E-state index contributed by atoms with van der Waals surface area (Å²) in [5.41, 5.74) is 5.85. The highest BCUT2D eigenvalue weighted by atomic mass is 16.5. The highest BCUT2D eigenvalue weighted by molar-refractivity contribution is 5.98. The molecule has 0 spiro atoms. The normalized spacial score (nSPS) is 10.4. The van der Waals surface area contributed by atoms with Crippen molar-refractivity contribution in [2.75, 3.05) is 14.2 Å². The molecule has 3 aromatic carbocycles. The van der Waals surface area contributed by atoms with Crippen molar-refractivity contribution in [2.24, 2.45) is 0 Å². The van der Waals surface area contributed by atoms with Gasteiger partial charge in [-0.15, -0.1) is 0 Å². The molecule has 0 bridgehead atoms. The standard InChI is InChI=1S/C25H22N2O6/c1-31-20-12-7-18(8-13-20)24(29)27-26-23(28)16-11-17-5-3-4-6-22(17)33-25(30)19-9-14-21(32-2)15-10-19/h3-16H,1-2H3,(H,26,28)(H,27,29)/b16-11+. The number of hydrogen-bond acceptors (Lipinski definition) is 6. The molecule has 33 heavy (non-hydrogen) atoms. The van der Waals surface area contributed by atoms with Gasteiger partial charge >= 0.3 is 5.97 Å². The Bertz CT molecular complexity index is 1150. The number of methoxy groups -OCH3 is 2. The minimum Gasteiger partial charge on any atom is -0.497 e. The van der Waals surface area contributed by atoms with Gasteiger partial charge < -0.3 is 14.2 Å². The molecule has 0 saturated carbocycles. The fraction of sp³-hybridized carbons (Fsp3) is 0.0800. The van der Waals surface area contributed by atoms with E-state index >= 15 is 0 Å². The van der Waals surface area contributed by atoms with Crippen LogP contribution in [0, 0.1) is 0 Å². The lowest BCUT2D eigenvalue weighted by Gasteiger charge is -2.08. The van der Waals surface area contributed by atoms with Crippen molar-refractivity contribution in [3.8, 4) is 17.2 Å². The van der Waals surface area contributed by atoms with Crippen LogP contribution in [0.4, 0.5) is 0 Å². The lowest BCUT2D eigenvalue weighted by molar-refractivity contribution is -0.117. The van der Waals surface area contributed by atoms with Crippen LogP contribution in [0.25, 0.3) is 6.08 Å². The van der Waals surface area contributed by atoms with E-state index in [1.165, 1.54) is 26.4 Å². The Balaban J connectivity index is 1.59. The Labute approximate surface area is 190 Å². The van der Waals surface area contributed by atoms with E-state index in [1.807, 2.05) is 0 Å². The first-order valence-corrected chi connectivity index (χ1v) is 9.88. The average molecular weight is 446 g/mol. The van der Waals surface area contributed by atoms with Gasteiger partial charge in [-0.2, -0.15) is 0 Å². The van der Waals surface area contributed by atoms with Crippen LogP contribution in [-0.4, -0.2) is 32.0 Å². The number of nitrogens with one attached hydrogen (secondary N) is 2. The summed E-state index contributed by atoms with van der Waals surface area (Å²) in [4.78, 5) is 36.7. The van der Waals surface area contributed by atoms with E-state index in [2.05, 4.69) is 10.9 Å². The molecule has 3 aromatic rings. The highest BCUT2D eigenvalue weighted by Gasteiger charge is 2.11. The lowest BCUT2D eigenvalue weighted by Crippen LogP contribution is -2.40. The third-order valence-corrected chi connectivity index (χ3v) is 4.51. The topological polar surface area (TPSA) is 103 Å². The van der Waals surface area contributed by atoms with Gasteiger partial charge in [0.2, 0.25) is 0 Å². The molecule has 0 aliphatic rings. The largest absolute Gasteiger partial charge is 0.497 e. The molecule has 0 aromatic heterocycles. The van der Waals surface area contributed by atoms with Crippen LogP contribution < -0.4 is 25.1 Å². The number of hydrazine groups is 1. The molecule has 2 amide bonds. The first-order chi connectivity index (χ1) is 16.0. The minimum atomic E-state index is -0.562. The molecule has 8 heteroatoms. The van der Waals surface area contributed by atoms with E-state index in [0.717, 1.165) is 0 Å². The van der Waals surface area contributed by atoms with Gasteiger partial charge in [0.15, 0.2) is 0 Å². The Kier molecular flexibility index (Phi) is 7.80. The van der Waals surface area contributed by atoms with Crippen molar-refractivity contribution in [3.63, 3.8) is 0 Å². The predicted molar refractivity (Wildman–Crippen MR) is 122 cm³/mol. The first-order valence-electron chi connectivity index (χ1n) is 9.88. The van der Waals surface area contributed by atoms with Crippen LogP contribution in [-0.2, 0) is 4.79 Å². The van der Waals surface area contributed by atoms with Crippen molar-refractivity contribution in [3.05, 3.63) is 95.6 Å². The number of amides is 2. The molecule has 0 radical (unpaired) electrons. The SMILES string of the molecule is COc1ccc(C(=O)NNC(=O)/C=C/c2ccccc2OC(=O)c2ccc(OC)cc2)cc1. The fourth-order valence-electron chi connectivity index (χ4n) is 2.74. The first kappa shape index (κ1) is 23.1. The van der Waals surface area contributed by atoms with Crippen molar-refractivity contribution >= 4 is 23.9 Å². The maximum atomic E-state index is 12.4. The predicted octanol–water partition coefficient (Wildman–Crippen LogP) is 3.40. The summed E-state index contributed by atoms with van der Waals surface area (Å²) < 4.78 is 15.6. The summed E-state index contributed by atoms with van der Waals surface area (Å²) in [7, 11) is 3.07. The zero-order chi connectivity index (χ0) is 23.6. The Morgan fingerprint density at radius 1 is 0.727 bits per heavy atom. The number of carbonyl (C=O) groups excluding carboxylic acids is 3.